The van der Waals surface area contributed by atoms with Crippen molar-refractivity contribution in [3.8, 4) is 0 Å². The highest BCUT2D eigenvalue weighted by atomic mass is 32.2. The number of anilines is 1. The average Bonchev–Trinajstić information content (AvgIpc) is 3.17. The molecule has 1 aliphatic rings. The molecular formula is C19H25N3O2S. The summed E-state index contributed by atoms with van der Waals surface area (Å²) in [5.74, 6) is 0.909. The fourth-order valence-corrected chi connectivity index (χ4v) is 3.65. The lowest BCUT2D eigenvalue weighted by Gasteiger charge is -2.33. The summed E-state index contributed by atoms with van der Waals surface area (Å²) in [4.78, 5) is 15.8. The summed E-state index contributed by atoms with van der Waals surface area (Å²) in [6.07, 6.45) is 7.39. The first-order chi connectivity index (χ1) is 12.3. The highest BCUT2D eigenvalue weighted by molar-refractivity contribution is 7.98. The Hall–Kier alpha value is -1.92. The molecule has 6 heteroatoms. The number of carbonyl (C=O) groups excluding carboxylic acids is 1. The lowest BCUT2D eigenvalue weighted by molar-refractivity contribution is 0.144. The molecule has 2 heterocycles. The number of likely N-dealkylation sites (tertiary alicyclic amines) is 1. The minimum absolute atomic E-state index is 0.0820. The average molecular weight is 359 g/mol. The van der Waals surface area contributed by atoms with Crippen molar-refractivity contribution in [1.29, 1.82) is 0 Å². The third kappa shape index (κ3) is 5.03. The third-order valence-electron chi connectivity index (χ3n) is 4.49. The van der Waals surface area contributed by atoms with Crippen LogP contribution in [0.3, 0.4) is 0 Å². The molecular weight excluding hydrogens is 334 g/mol. The van der Waals surface area contributed by atoms with Crippen LogP contribution in [0, 0.1) is 0 Å². The number of rotatable bonds is 6. The van der Waals surface area contributed by atoms with E-state index in [-0.39, 0.29) is 12.1 Å². The van der Waals surface area contributed by atoms with E-state index in [9.17, 15) is 4.79 Å². The number of nitrogens with zero attached hydrogens (tertiary/aromatic N) is 1. The molecule has 2 N–H and O–H groups in total. The summed E-state index contributed by atoms with van der Waals surface area (Å²) in [7, 11) is 0. The van der Waals surface area contributed by atoms with Gasteiger partial charge in [0.05, 0.1) is 12.3 Å². The highest BCUT2D eigenvalue weighted by Crippen LogP contribution is 2.24. The number of thioether (sulfide) groups is 1. The number of benzene rings is 1. The Morgan fingerprint density at radius 1 is 1.24 bits per heavy atom. The zero-order valence-electron chi connectivity index (χ0n) is 14.5. The van der Waals surface area contributed by atoms with Gasteiger partial charge in [0, 0.05) is 17.1 Å². The number of piperidine rings is 1. The van der Waals surface area contributed by atoms with E-state index >= 15 is 0 Å². The van der Waals surface area contributed by atoms with Gasteiger partial charge in [-0.15, -0.1) is 11.8 Å². The van der Waals surface area contributed by atoms with Crippen LogP contribution >= 0.6 is 11.8 Å². The number of furan rings is 1. The fraction of sp³-hybridized carbons (Fsp3) is 0.421. The molecule has 1 saturated heterocycles. The SMILES string of the molecule is CSc1cccc(NC(=O)NCC(c2ccco2)N2CCCCC2)c1. The normalized spacial score (nSPS) is 16.4. The molecule has 25 heavy (non-hydrogen) atoms. The van der Waals surface area contributed by atoms with Crippen molar-refractivity contribution in [3.05, 3.63) is 48.4 Å². The zero-order valence-corrected chi connectivity index (χ0v) is 15.3. The predicted octanol–water partition coefficient (Wildman–Crippen LogP) is 4.35. The summed E-state index contributed by atoms with van der Waals surface area (Å²) in [6, 6.07) is 11.6. The first-order valence-corrected chi connectivity index (χ1v) is 9.95. The molecule has 0 saturated carbocycles. The molecule has 1 unspecified atom stereocenters. The molecule has 0 aliphatic carbocycles. The van der Waals surface area contributed by atoms with Crippen LogP contribution in [0.25, 0.3) is 0 Å². The van der Waals surface area contributed by atoms with Gasteiger partial charge in [0.2, 0.25) is 0 Å². The molecule has 0 spiro atoms. The van der Waals surface area contributed by atoms with Crippen LogP contribution < -0.4 is 10.6 Å². The number of hydrogen-bond donors (Lipinski definition) is 2. The molecule has 2 amide bonds. The molecule has 2 aromatic rings. The minimum Gasteiger partial charge on any atom is -0.468 e. The van der Waals surface area contributed by atoms with E-state index in [1.165, 1.54) is 19.3 Å². The van der Waals surface area contributed by atoms with Crippen LogP contribution in [-0.2, 0) is 0 Å². The minimum atomic E-state index is -0.188. The molecule has 1 aromatic heterocycles. The van der Waals surface area contributed by atoms with E-state index < -0.39 is 0 Å². The second kappa shape index (κ2) is 8.97. The van der Waals surface area contributed by atoms with Crippen molar-refractivity contribution in [2.45, 2.75) is 30.2 Å². The fourth-order valence-electron chi connectivity index (χ4n) is 3.19. The number of nitrogens with one attached hydrogen (secondary N) is 2. The first kappa shape index (κ1) is 17.9. The van der Waals surface area contributed by atoms with E-state index in [0.717, 1.165) is 29.4 Å². The molecule has 1 aliphatic heterocycles. The van der Waals surface area contributed by atoms with Crippen LogP contribution in [0.5, 0.6) is 0 Å². The number of amides is 2. The van der Waals surface area contributed by atoms with Crippen LogP contribution in [-0.4, -0.2) is 36.8 Å². The van der Waals surface area contributed by atoms with Gasteiger partial charge < -0.3 is 15.1 Å². The van der Waals surface area contributed by atoms with E-state index in [2.05, 4.69) is 15.5 Å². The second-order valence-corrected chi connectivity index (χ2v) is 7.07. The second-order valence-electron chi connectivity index (χ2n) is 6.19. The summed E-state index contributed by atoms with van der Waals surface area (Å²) >= 11 is 1.65. The van der Waals surface area contributed by atoms with Crippen molar-refractivity contribution in [2.75, 3.05) is 31.2 Å². The monoisotopic (exact) mass is 359 g/mol. The van der Waals surface area contributed by atoms with Gasteiger partial charge in [-0.1, -0.05) is 12.5 Å². The zero-order chi connectivity index (χ0) is 17.5. The van der Waals surface area contributed by atoms with E-state index in [4.69, 9.17) is 4.42 Å². The third-order valence-corrected chi connectivity index (χ3v) is 5.21. The first-order valence-electron chi connectivity index (χ1n) is 8.72. The van der Waals surface area contributed by atoms with Gasteiger partial charge in [-0.2, -0.15) is 0 Å². The Bertz CT molecular complexity index is 669. The lowest BCUT2D eigenvalue weighted by Crippen LogP contribution is -2.41. The van der Waals surface area contributed by atoms with E-state index in [0.29, 0.717) is 6.54 Å². The topological polar surface area (TPSA) is 57.5 Å². The Kier molecular flexibility index (Phi) is 6.42. The van der Waals surface area contributed by atoms with Crippen LogP contribution in [0.15, 0.2) is 52.0 Å². The van der Waals surface area contributed by atoms with Crippen molar-refractivity contribution >= 4 is 23.5 Å². The molecule has 0 bridgehead atoms. The summed E-state index contributed by atoms with van der Waals surface area (Å²) in [5.41, 5.74) is 0.803. The number of urea groups is 1. The van der Waals surface area contributed by atoms with Gasteiger partial charge in [0.1, 0.15) is 5.76 Å². The van der Waals surface area contributed by atoms with Crippen LogP contribution in [0.2, 0.25) is 0 Å². The highest BCUT2D eigenvalue weighted by Gasteiger charge is 2.24. The Balaban J connectivity index is 1.59. The maximum absolute atomic E-state index is 12.3. The van der Waals surface area contributed by atoms with Gasteiger partial charge in [0.25, 0.3) is 0 Å². The van der Waals surface area contributed by atoms with Gasteiger partial charge in [-0.25, -0.2) is 4.79 Å². The van der Waals surface area contributed by atoms with Crippen molar-refractivity contribution in [1.82, 2.24) is 10.2 Å². The van der Waals surface area contributed by atoms with Gasteiger partial charge in [0.15, 0.2) is 0 Å². The number of hydrogen-bond acceptors (Lipinski definition) is 4. The summed E-state index contributed by atoms with van der Waals surface area (Å²) in [6.45, 7) is 2.62. The lowest BCUT2D eigenvalue weighted by atomic mass is 10.1. The summed E-state index contributed by atoms with van der Waals surface area (Å²) < 4.78 is 5.61. The molecule has 5 nitrogen and oxygen atoms in total. The van der Waals surface area contributed by atoms with Gasteiger partial charge in [-0.3, -0.25) is 4.90 Å². The largest absolute Gasteiger partial charge is 0.468 e. The van der Waals surface area contributed by atoms with Crippen LogP contribution in [0.4, 0.5) is 10.5 Å². The Labute approximate surface area is 153 Å². The quantitative estimate of drug-likeness (QED) is 0.753. The smallest absolute Gasteiger partial charge is 0.319 e. The molecule has 0 radical (unpaired) electrons. The maximum Gasteiger partial charge on any atom is 0.319 e. The molecule has 3 rings (SSSR count). The maximum atomic E-state index is 12.3. The molecule has 1 aromatic carbocycles. The van der Waals surface area contributed by atoms with Crippen molar-refractivity contribution in [3.63, 3.8) is 0 Å². The predicted molar refractivity (Wildman–Crippen MR) is 102 cm³/mol. The Morgan fingerprint density at radius 3 is 2.80 bits per heavy atom. The van der Waals surface area contributed by atoms with Gasteiger partial charge >= 0.3 is 6.03 Å². The molecule has 1 atom stereocenters. The van der Waals surface area contributed by atoms with Crippen LogP contribution in [0.1, 0.15) is 31.1 Å². The molecule has 1 fully saturated rings. The Morgan fingerprint density at radius 2 is 2.08 bits per heavy atom. The van der Waals surface area contributed by atoms with E-state index in [1.54, 1.807) is 18.0 Å². The molecule has 134 valence electrons. The number of carbonyl (C=O) groups is 1. The van der Waals surface area contributed by atoms with Gasteiger partial charge in [-0.05, 0) is 62.5 Å². The standard InChI is InChI=1S/C19H25N3O2S/c1-25-16-8-5-7-15(13-16)21-19(23)20-14-17(18-9-6-12-24-18)22-10-3-2-4-11-22/h5-9,12-13,17H,2-4,10-11,14H2,1H3,(H2,20,21,23). The van der Waals surface area contributed by atoms with Crippen molar-refractivity contribution in [2.24, 2.45) is 0 Å². The van der Waals surface area contributed by atoms with Crippen molar-refractivity contribution < 1.29 is 9.21 Å². The van der Waals surface area contributed by atoms with E-state index in [1.807, 2.05) is 42.7 Å². The summed E-state index contributed by atoms with van der Waals surface area (Å²) in [5, 5.41) is 5.90.